The average molecular weight is 256 g/mol. The Balaban J connectivity index is 2.60. The third-order valence-electron chi connectivity index (χ3n) is 3.26. The molecule has 1 heterocycles. The van der Waals surface area contributed by atoms with Crippen LogP contribution >= 0.6 is 0 Å². The summed E-state index contributed by atoms with van der Waals surface area (Å²) in [4.78, 5) is 36.0. The fourth-order valence-corrected chi connectivity index (χ4v) is 1.95. The minimum atomic E-state index is -1.04. The van der Waals surface area contributed by atoms with Crippen molar-refractivity contribution in [3.05, 3.63) is 0 Å². The molecule has 1 fully saturated rings. The Labute approximate surface area is 106 Å². The highest BCUT2D eigenvalue weighted by Crippen LogP contribution is 2.18. The lowest BCUT2D eigenvalue weighted by Gasteiger charge is -2.29. The topological polar surface area (TPSA) is 86.7 Å². The van der Waals surface area contributed by atoms with E-state index in [1.807, 2.05) is 0 Å². The summed E-state index contributed by atoms with van der Waals surface area (Å²) in [6.07, 6.45) is 0.741. The molecule has 0 bridgehead atoms. The molecule has 0 saturated carbocycles. The molecule has 0 aliphatic carbocycles. The van der Waals surface area contributed by atoms with Crippen LogP contribution in [0.2, 0.25) is 0 Å². The van der Waals surface area contributed by atoms with E-state index < -0.39 is 17.9 Å². The van der Waals surface area contributed by atoms with E-state index in [0.717, 1.165) is 0 Å². The van der Waals surface area contributed by atoms with Crippen molar-refractivity contribution < 1.29 is 19.5 Å². The predicted molar refractivity (Wildman–Crippen MR) is 64.8 cm³/mol. The van der Waals surface area contributed by atoms with Crippen LogP contribution in [0.15, 0.2) is 0 Å². The fraction of sp³-hybridized carbons (Fsp3) is 0.750. The summed E-state index contributed by atoms with van der Waals surface area (Å²) in [7, 11) is 1.70. The minimum absolute atomic E-state index is 0.0715. The summed E-state index contributed by atoms with van der Waals surface area (Å²) in [5.41, 5.74) is 0. The number of hydrogen-bond donors (Lipinski definition) is 2. The minimum Gasteiger partial charge on any atom is -0.480 e. The third kappa shape index (κ3) is 3.45. The van der Waals surface area contributed by atoms with Gasteiger partial charge in [0.2, 0.25) is 11.8 Å². The Kier molecular flexibility index (Phi) is 4.69. The maximum Gasteiger partial charge on any atom is 0.326 e. The Bertz CT molecular complexity index is 354. The molecule has 2 atom stereocenters. The number of hydrogen-bond acceptors (Lipinski definition) is 3. The molecule has 102 valence electrons. The van der Waals surface area contributed by atoms with Gasteiger partial charge < -0.3 is 15.3 Å². The number of amides is 2. The van der Waals surface area contributed by atoms with Crippen molar-refractivity contribution in [1.29, 1.82) is 0 Å². The Morgan fingerprint density at radius 3 is 2.50 bits per heavy atom. The van der Waals surface area contributed by atoms with Crippen LogP contribution in [0.1, 0.15) is 26.7 Å². The second-order valence-corrected chi connectivity index (χ2v) is 5.07. The zero-order valence-electron chi connectivity index (χ0n) is 11.0. The first kappa shape index (κ1) is 14.5. The summed E-state index contributed by atoms with van der Waals surface area (Å²) in [5.74, 6) is -2.05. The molecule has 0 radical (unpaired) electrons. The van der Waals surface area contributed by atoms with Gasteiger partial charge in [0.25, 0.3) is 0 Å². The van der Waals surface area contributed by atoms with E-state index in [1.165, 1.54) is 0 Å². The molecule has 1 rings (SSSR count). The van der Waals surface area contributed by atoms with Crippen LogP contribution in [0, 0.1) is 11.8 Å². The number of piperidine rings is 1. The quantitative estimate of drug-likeness (QED) is 0.745. The van der Waals surface area contributed by atoms with Crippen LogP contribution in [-0.2, 0) is 14.4 Å². The lowest BCUT2D eigenvalue weighted by Crippen LogP contribution is -2.49. The summed E-state index contributed by atoms with van der Waals surface area (Å²) in [6.45, 7) is 4.01. The van der Waals surface area contributed by atoms with Gasteiger partial charge in [-0.3, -0.25) is 9.59 Å². The standard InChI is InChI=1S/C12H20N2O4/c1-7(2)10(12(17)18)13-11(16)8-4-5-14(3)9(15)6-8/h7-8,10H,4-6H2,1-3H3,(H,13,16)(H,17,18)/t8?,10-/m0/s1. The number of nitrogens with one attached hydrogen (secondary N) is 1. The van der Waals surface area contributed by atoms with E-state index in [2.05, 4.69) is 5.32 Å². The van der Waals surface area contributed by atoms with Gasteiger partial charge in [0.15, 0.2) is 0 Å². The molecule has 0 aromatic heterocycles. The van der Waals surface area contributed by atoms with E-state index in [4.69, 9.17) is 5.11 Å². The first-order valence-electron chi connectivity index (χ1n) is 6.10. The summed E-state index contributed by atoms with van der Waals surface area (Å²) < 4.78 is 0. The van der Waals surface area contributed by atoms with Gasteiger partial charge in [-0.25, -0.2) is 4.79 Å². The lowest BCUT2D eigenvalue weighted by molar-refractivity contribution is -0.145. The van der Waals surface area contributed by atoms with Gasteiger partial charge in [-0.05, 0) is 12.3 Å². The first-order valence-corrected chi connectivity index (χ1v) is 6.10. The molecule has 6 heteroatoms. The monoisotopic (exact) mass is 256 g/mol. The van der Waals surface area contributed by atoms with Gasteiger partial charge in [-0.2, -0.15) is 0 Å². The number of rotatable bonds is 4. The van der Waals surface area contributed by atoms with Crippen LogP contribution in [-0.4, -0.2) is 47.4 Å². The molecule has 0 spiro atoms. The van der Waals surface area contributed by atoms with Gasteiger partial charge in [0, 0.05) is 25.9 Å². The normalized spacial score (nSPS) is 21.9. The molecule has 0 aromatic rings. The highest BCUT2D eigenvalue weighted by Gasteiger charge is 2.32. The van der Waals surface area contributed by atoms with Gasteiger partial charge in [-0.1, -0.05) is 13.8 Å². The molecule has 6 nitrogen and oxygen atoms in total. The number of likely N-dealkylation sites (tertiary alicyclic amines) is 1. The summed E-state index contributed by atoms with van der Waals surface area (Å²) in [6, 6.07) is -0.896. The molecular formula is C12H20N2O4. The van der Waals surface area contributed by atoms with Crippen molar-refractivity contribution in [1.82, 2.24) is 10.2 Å². The van der Waals surface area contributed by atoms with Crippen molar-refractivity contribution in [2.75, 3.05) is 13.6 Å². The smallest absolute Gasteiger partial charge is 0.326 e. The van der Waals surface area contributed by atoms with Gasteiger partial charge in [0.1, 0.15) is 6.04 Å². The van der Waals surface area contributed by atoms with Crippen molar-refractivity contribution in [2.45, 2.75) is 32.7 Å². The van der Waals surface area contributed by atoms with Crippen LogP contribution in [0.5, 0.6) is 0 Å². The molecule has 1 aliphatic rings. The largest absolute Gasteiger partial charge is 0.480 e. The van der Waals surface area contributed by atoms with Crippen LogP contribution in [0.4, 0.5) is 0 Å². The zero-order valence-corrected chi connectivity index (χ0v) is 11.0. The fourth-order valence-electron chi connectivity index (χ4n) is 1.95. The maximum absolute atomic E-state index is 11.9. The second-order valence-electron chi connectivity index (χ2n) is 5.07. The van der Waals surface area contributed by atoms with E-state index >= 15 is 0 Å². The highest BCUT2D eigenvalue weighted by atomic mass is 16.4. The molecule has 1 saturated heterocycles. The zero-order chi connectivity index (χ0) is 13.9. The molecular weight excluding hydrogens is 236 g/mol. The Morgan fingerprint density at radius 1 is 1.44 bits per heavy atom. The van der Waals surface area contributed by atoms with Crippen molar-refractivity contribution in [2.24, 2.45) is 11.8 Å². The molecule has 0 aromatic carbocycles. The van der Waals surface area contributed by atoms with Crippen molar-refractivity contribution >= 4 is 17.8 Å². The number of carboxylic acids is 1. The maximum atomic E-state index is 11.9. The number of carbonyl (C=O) groups is 3. The van der Waals surface area contributed by atoms with E-state index in [9.17, 15) is 14.4 Å². The molecule has 1 aliphatic heterocycles. The van der Waals surface area contributed by atoms with E-state index in [-0.39, 0.29) is 24.2 Å². The summed E-state index contributed by atoms with van der Waals surface area (Å²) >= 11 is 0. The van der Waals surface area contributed by atoms with E-state index in [1.54, 1.807) is 25.8 Å². The predicted octanol–water partition coefficient (Wildman–Crippen LogP) is 0.0802. The molecule has 2 N–H and O–H groups in total. The molecule has 1 unspecified atom stereocenters. The number of carbonyl (C=O) groups excluding carboxylic acids is 2. The Morgan fingerprint density at radius 2 is 2.06 bits per heavy atom. The Hall–Kier alpha value is -1.59. The van der Waals surface area contributed by atoms with Crippen LogP contribution < -0.4 is 5.32 Å². The third-order valence-corrected chi connectivity index (χ3v) is 3.26. The van der Waals surface area contributed by atoms with Crippen LogP contribution in [0.25, 0.3) is 0 Å². The first-order chi connectivity index (χ1) is 8.32. The lowest BCUT2D eigenvalue weighted by atomic mass is 9.94. The second kappa shape index (κ2) is 5.84. The molecule has 2 amide bonds. The van der Waals surface area contributed by atoms with Gasteiger partial charge >= 0.3 is 5.97 Å². The highest BCUT2D eigenvalue weighted by molar-refractivity contribution is 5.89. The van der Waals surface area contributed by atoms with Crippen molar-refractivity contribution in [3.63, 3.8) is 0 Å². The van der Waals surface area contributed by atoms with Crippen LogP contribution in [0.3, 0.4) is 0 Å². The number of nitrogens with zero attached hydrogens (tertiary/aromatic N) is 1. The van der Waals surface area contributed by atoms with Gasteiger partial charge in [0.05, 0.1) is 0 Å². The number of aliphatic carboxylic acids is 1. The summed E-state index contributed by atoms with van der Waals surface area (Å²) in [5, 5.41) is 11.5. The number of carboxylic acid groups (broad SMARTS) is 1. The van der Waals surface area contributed by atoms with E-state index in [0.29, 0.717) is 13.0 Å². The average Bonchev–Trinajstić information content (AvgIpc) is 2.28. The van der Waals surface area contributed by atoms with Gasteiger partial charge in [-0.15, -0.1) is 0 Å². The SMILES string of the molecule is CC(C)[C@H](NC(=O)C1CCN(C)C(=O)C1)C(=O)O. The molecule has 18 heavy (non-hydrogen) atoms. The van der Waals surface area contributed by atoms with Crippen molar-refractivity contribution in [3.8, 4) is 0 Å².